The number of amides is 2. The quantitative estimate of drug-likeness (QED) is 0.680. The van der Waals surface area contributed by atoms with E-state index >= 15 is 0 Å². The molecule has 0 aliphatic carbocycles. The van der Waals surface area contributed by atoms with Crippen molar-refractivity contribution in [1.82, 2.24) is 10.2 Å². The number of rotatable bonds is 10. The van der Waals surface area contributed by atoms with Gasteiger partial charge >= 0.3 is 0 Å². The fourth-order valence-corrected chi connectivity index (χ4v) is 2.85. The van der Waals surface area contributed by atoms with Gasteiger partial charge in [0.25, 0.3) is 5.91 Å². The minimum Gasteiger partial charge on any atom is -0.481 e. The Bertz CT molecular complexity index is 767. The van der Waals surface area contributed by atoms with Crippen LogP contribution in [0.5, 0.6) is 5.75 Å². The summed E-state index contributed by atoms with van der Waals surface area (Å²) in [7, 11) is 0. The summed E-state index contributed by atoms with van der Waals surface area (Å²) < 4.78 is 19.1. The molecule has 0 aromatic heterocycles. The molecule has 1 N–H and O–H groups in total. The lowest BCUT2D eigenvalue weighted by Crippen LogP contribution is -2.50. The highest BCUT2D eigenvalue weighted by atomic mass is 19.1. The Kier molecular flexibility index (Phi) is 8.46. The van der Waals surface area contributed by atoms with Gasteiger partial charge in [-0.15, -0.1) is 0 Å². The van der Waals surface area contributed by atoms with Gasteiger partial charge in [0.1, 0.15) is 6.04 Å². The predicted octanol–water partition coefficient (Wildman–Crippen LogP) is 3.54. The van der Waals surface area contributed by atoms with Gasteiger partial charge in [-0.2, -0.15) is 0 Å². The smallest absolute Gasteiger partial charge is 0.261 e. The molecule has 0 radical (unpaired) electrons. The van der Waals surface area contributed by atoms with E-state index in [1.807, 2.05) is 44.2 Å². The Morgan fingerprint density at radius 1 is 1.07 bits per heavy atom. The number of carbonyl (C=O) groups is 2. The SMILES string of the molecule is CCCNC(=O)[C@H](CC)N(Cc1ccccc1)C(=O)COc1ccccc1F. The van der Waals surface area contributed by atoms with E-state index in [1.54, 1.807) is 12.1 Å². The molecular weight excluding hydrogens is 359 g/mol. The third kappa shape index (κ3) is 6.08. The second-order valence-electron chi connectivity index (χ2n) is 6.44. The number of halogens is 1. The maximum absolute atomic E-state index is 13.8. The monoisotopic (exact) mass is 386 g/mol. The van der Waals surface area contributed by atoms with Gasteiger partial charge in [-0.1, -0.05) is 56.3 Å². The van der Waals surface area contributed by atoms with Gasteiger partial charge < -0.3 is 15.0 Å². The van der Waals surface area contributed by atoms with Crippen molar-refractivity contribution in [3.05, 3.63) is 66.0 Å². The molecule has 150 valence electrons. The van der Waals surface area contributed by atoms with Crippen LogP contribution in [0.15, 0.2) is 54.6 Å². The van der Waals surface area contributed by atoms with Crippen molar-refractivity contribution in [3.63, 3.8) is 0 Å². The summed E-state index contributed by atoms with van der Waals surface area (Å²) in [6.45, 7) is 4.31. The van der Waals surface area contributed by atoms with E-state index in [-0.39, 0.29) is 30.7 Å². The molecule has 6 heteroatoms. The van der Waals surface area contributed by atoms with Crippen LogP contribution in [0, 0.1) is 5.82 Å². The van der Waals surface area contributed by atoms with Gasteiger partial charge in [0, 0.05) is 13.1 Å². The Balaban J connectivity index is 2.17. The number of ether oxygens (including phenoxy) is 1. The van der Waals surface area contributed by atoms with Crippen LogP contribution in [0.3, 0.4) is 0 Å². The average Bonchev–Trinajstić information content (AvgIpc) is 2.72. The van der Waals surface area contributed by atoms with Gasteiger partial charge in [-0.3, -0.25) is 9.59 Å². The average molecular weight is 386 g/mol. The molecule has 0 unspecified atom stereocenters. The normalized spacial score (nSPS) is 11.5. The molecule has 0 spiro atoms. The van der Waals surface area contributed by atoms with Gasteiger partial charge in [0.05, 0.1) is 0 Å². The molecule has 2 amide bonds. The van der Waals surface area contributed by atoms with Crippen molar-refractivity contribution >= 4 is 11.8 Å². The number of benzene rings is 2. The summed E-state index contributed by atoms with van der Waals surface area (Å²) in [5.41, 5.74) is 0.906. The van der Waals surface area contributed by atoms with Crippen LogP contribution in [0.2, 0.25) is 0 Å². The van der Waals surface area contributed by atoms with E-state index in [4.69, 9.17) is 4.74 Å². The van der Waals surface area contributed by atoms with Crippen molar-refractivity contribution in [2.24, 2.45) is 0 Å². The highest BCUT2D eigenvalue weighted by Gasteiger charge is 2.28. The highest BCUT2D eigenvalue weighted by molar-refractivity contribution is 5.88. The molecule has 28 heavy (non-hydrogen) atoms. The van der Waals surface area contributed by atoms with Crippen LogP contribution in [0.25, 0.3) is 0 Å². The molecule has 0 bridgehead atoms. The maximum atomic E-state index is 13.8. The summed E-state index contributed by atoms with van der Waals surface area (Å²) >= 11 is 0. The highest BCUT2D eigenvalue weighted by Crippen LogP contribution is 2.17. The lowest BCUT2D eigenvalue weighted by molar-refractivity contribution is -0.143. The molecule has 0 saturated carbocycles. The fraction of sp³-hybridized carbons (Fsp3) is 0.364. The van der Waals surface area contributed by atoms with Gasteiger partial charge in [0.15, 0.2) is 18.2 Å². The maximum Gasteiger partial charge on any atom is 0.261 e. The largest absolute Gasteiger partial charge is 0.481 e. The Morgan fingerprint density at radius 2 is 1.75 bits per heavy atom. The topological polar surface area (TPSA) is 58.6 Å². The predicted molar refractivity (Wildman–Crippen MR) is 106 cm³/mol. The first-order chi connectivity index (χ1) is 13.6. The van der Waals surface area contributed by atoms with E-state index in [9.17, 15) is 14.0 Å². The van der Waals surface area contributed by atoms with Crippen LogP contribution >= 0.6 is 0 Å². The third-order valence-electron chi connectivity index (χ3n) is 4.32. The zero-order chi connectivity index (χ0) is 20.4. The van der Waals surface area contributed by atoms with Crippen molar-refractivity contribution in [2.45, 2.75) is 39.3 Å². The molecule has 0 fully saturated rings. The molecule has 0 heterocycles. The van der Waals surface area contributed by atoms with Crippen LogP contribution in [0.1, 0.15) is 32.3 Å². The summed E-state index contributed by atoms with van der Waals surface area (Å²) in [6, 6.07) is 14.8. The minimum atomic E-state index is -0.622. The first-order valence-corrected chi connectivity index (χ1v) is 9.55. The summed E-state index contributed by atoms with van der Waals surface area (Å²) in [5, 5.41) is 2.85. The van der Waals surface area contributed by atoms with Crippen molar-refractivity contribution in [3.8, 4) is 5.75 Å². The van der Waals surface area contributed by atoms with E-state index in [1.165, 1.54) is 17.0 Å². The van der Waals surface area contributed by atoms with E-state index in [0.29, 0.717) is 13.0 Å². The van der Waals surface area contributed by atoms with E-state index in [2.05, 4.69) is 5.32 Å². The second kappa shape index (κ2) is 11.1. The van der Waals surface area contributed by atoms with Crippen LogP contribution in [-0.4, -0.2) is 35.9 Å². The number of hydrogen-bond donors (Lipinski definition) is 1. The Hall–Kier alpha value is -2.89. The molecule has 2 rings (SSSR count). The molecule has 2 aromatic rings. The van der Waals surface area contributed by atoms with Crippen LogP contribution in [-0.2, 0) is 16.1 Å². The molecule has 5 nitrogen and oxygen atoms in total. The lowest BCUT2D eigenvalue weighted by atomic mass is 10.1. The zero-order valence-corrected chi connectivity index (χ0v) is 16.4. The molecule has 2 aromatic carbocycles. The molecule has 1 atom stereocenters. The lowest BCUT2D eigenvalue weighted by Gasteiger charge is -2.30. The van der Waals surface area contributed by atoms with Crippen LogP contribution in [0.4, 0.5) is 4.39 Å². The van der Waals surface area contributed by atoms with Gasteiger partial charge in [0.2, 0.25) is 5.91 Å². The van der Waals surface area contributed by atoms with Gasteiger partial charge in [-0.25, -0.2) is 4.39 Å². The minimum absolute atomic E-state index is 0.0130. The molecule has 0 aliphatic heterocycles. The van der Waals surface area contributed by atoms with Crippen molar-refractivity contribution < 1.29 is 18.7 Å². The van der Waals surface area contributed by atoms with Crippen LogP contribution < -0.4 is 10.1 Å². The Labute approximate surface area is 165 Å². The Morgan fingerprint density at radius 3 is 2.39 bits per heavy atom. The van der Waals surface area contributed by atoms with Crippen molar-refractivity contribution in [2.75, 3.05) is 13.2 Å². The summed E-state index contributed by atoms with van der Waals surface area (Å²) in [5.74, 6) is -1.08. The standard InChI is InChI=1S/C22H27FN2O3/c1-3-14-24-22(27)19(4-2)25(15-17-10-6-5-7-11-17)21(26)16-28-20-13-9-8-12-18(20)23/h5-13,19H,3-4,14-16H2,1-2H3,(H,24,27)/t19-/m0/s1. The van der Waals surface area contributed by atoms with Gasteiger partial charge in [-0.05, 0) is 30.5 Å². The number of para-hydroxylation sites is 1. The number of nitrogens with zero attached hydrogens (tertiary/aromatic N) is 1. The second-order valence-corrected chi connectivity index (χ2v) is 6.44. The number of carbonyl (C=O) groups excluding carboxylic acids is 2. The van der Waals surface area contributed by atoms with E-state index in [0.717, 1.165) is 12.0 Å². The number of nitrogens with one attached hydrogen (secondary N) is 1. The fourth-order valence-electron chi connectivity index (χ4n) is 2.85. The zero-order valence-electron chi connectivity index (χ0n) is 16.4. The molecule has 0 aliphatic rings. The summed E-state index contributed by atoms with van der Waals surface area (Å²) in [4.78, 5) is 27.0. The first kappa shape index (κ1) is 21.4. The molecular formula is C22H27FN2O3. The van der Waals surface area contributed by atoms with Crippen molar-refractivity contribution in [1.29, 1.82) is 0 Å². The summed E-state index contributed by atoms with van der Waals surface area (Å²) in [6.07, 6.45) is 1.28. The number of hydrogen-bond acceptors (Lipinski definition) is 3. The van der Waals surface area contributed by atoms with E-state index < -0.39 is 11.9 Å². The first-order valence-electron chi connectivity index (χ1n) is 9.55. The third-order valence-corrected chi connectivity index (χ3v) is 4.32. The molecule has 0 saturated heterocycles.